The van der Waals surface area contributed by atoms with E-state index in [1.807, 2.05) is 6.26 Å². The number of nitrogens with one attached hydrogen (secondary N) is 1. The van der Waals surface area contributed by atoms with Crippen LogP contribution in [-0.2, 0) is 11.3 Å². The van der Waals surface area contributed by atoms with E-state index in [1.165, 1.54) is 35.2 Å². The number of thioether (sulfide) groups is 1. The third kappa shape index (κ3) is 4.52. The molecule has 1 saturated heterocycles. The molecule has 0 aliphatic carbocycles. The topological polar surface area (TPSA) is 58.1 Å². The summed E-state index contributed by atoms with van der Waals surface area (Å²) in [5.41, 5.74) is 1.06. The summed E-state index contributed by atoms with van der Waals surface area (Å²) < 4.78 is 13.8. The van der Waals surface area contributed by atoms with Crippen LogP contribution in [-0.4, -0.2) is 40.3 Å². The van der Waals surface area contributed by atoms with Crippen molar-refractivity contribution in [3.05, 3.63) is 35.6 Å². The molecule has 0 saturated carbocycles. The molecule has 5 nitrogen and oxygen atoms in total. The zero-order valence-corrected chi connectivity index (χ0v) is 15.0. The standard InChI is InChI=1S/C16H19FN4OS2/c1-23-16-20-19-15(24-16)18-14(22)12-3-2-8-21(10-12)9-11-4-6-13(17)7-5-11/h4-7,12H,2-3,8-10H2,1H3,(H,18,19,22). The van der Waals surface area contributed by atoms with Gasteiger partial charge in [0.05, 0.1) is 5.92 Å². The van der Waals surface area contributed by atoms with Crippen molar-refractivity contribution in [2.45, 2.75) is 23.7 Å². The zero-order valence-electron chi connectivity index (χ0n) is 13.4. The number of benzene rings is 1. The average Bonchev–Trinajstić information content (AvgIpc) is 3.05. The van der Waals surface area contributed by atoms with Gasteiger partial charge in [0.1, 0.15) is 5.82 Å². The molecular weight excluding hydrogens is 347 g/mol. The summed E-state index contributed by atoms with van der Waals surface area (Å²) in [4.78, 5) is 14.7. The van der Waals surface area contributed by atoms with Gasteiger partial charge < -0.3 is 5.32 Å². The van der Waals surface area contributed by atoms with Gasteiger partial charge in [-0.2, -0.15) is 0 Å². The summed E-state index contributed by atoms with van der Waals surface area (Å²) in [5.74, 6) is -0.278. The van der Waals surface area contributed by atoms with Gasteiger partial charge in [0.2, 0.25) is 11.0 Å². The monoisotopic (exact) mass is 366 g/mol. The number of aromatic nitrogens is 2. The molecule has 1 aliphatic heterocycles. The summed E-state index contributed by atoms with van der Waals surface area (Å²) in [6.45, 7) is 2.40. The van der Waals surface area contributed by atoms with Crippen LogP contribution in [0.15, 0.2) is 28.6 Å². The molecule has 3 rings (SSSR count). The van der Waals surface area contributed by atoms with Crippen molar-refractivity contribution >= 4 is 34.1 Å². The minimum absolute atomic E-state index is 0.00242. The lowest BCUT2D eigenvalue weighted by Crippen LogP contribution is -2.40. The molecule has 8 heteroatoms. The van der Waals surface area contributed by atoms with E-state index in [9.17, 15) is 9.18 Å². The smallest absolute Gasteiger partial charge is 0.230 e. The van der Waals surface area contributed by atoms with Gasteiger partial charge in [0.15, 0.2) is 4.34 Å². The van der Waals surface area contributed by atoms with Crippen LogP contribution in [0, 0.1) is 11.7 Å². The number of carbonyl (C=O) groups is 1. The molecule has 2 heterocycles. The molecule has 2 aromatic rings. The Labute approximate surface area is 148 Å². The Morgan fingerprint density at radius 2 is 2.21 bits per heavy atom. The summed E-state index contributed by atoms with van der Waals surface area (Å²) in [5, 5.41) is 11.4. The minimum Gasteiger partial charge on any atom is -0.300 e. The van der Waals surface area contributed by atoms with E-state index in [0.717, 1.165) is 35.8 Å². The van der Waals surface area contributed by atoms with Crippen LogP contribution >= 0.6 is 23.1 Å². The maximum atomic E-state index is 13.0. The number of carbonyl (C=O) groups excluding carboxylic acids is 1. The van der Waals surface area contributed by atoms with Crippen LogP contribution in [0.2, 0.25) is 0 Å². The first-order valence-corrected chi connectivity index (χ1v) is 9.83. The second kappa shape index (κ2) is 8.04. The van der Waals surface area contributed by atoms with E-state index < -0.39 is 0 Å². The number of amides is 1. The number of hydrogen-bond donors (Lipinski definition) is 1. The molecule has 1 aromatic carbocycles. The number of nitrogens with zero attached hydrogens (tertiary/aromatic N) is 3. The highest BCUT2D eigenvalue weighted by Crippen LogP contribution is 2.25. The molecule has 1 aliphatic rings. The first-order chi connectivity index (χ1) is 11.6. The molecular formula is C16H19FN4OS2. The van der Waals surface area contributed by atoms with Crippen molar-refractivity contribution in [1.82, 2.24) is 15.1 Å². The minimum atomic E-state index is -0.226. The SMILES string of the molecule is CSc1nnc(NC(=O)C2CCCN(Cc3ccc(F)cc3)C2)s1. The Morgan fingerprint density at radius 3 is 2.92 bits per heavy atom. The molecule has 1 atom stereocenters. The van der Waals surface area contributed by atoms with E-state index in [0.29, 0.717) is 11.7 Å². The third-order valence-corrected chi connectivity index (χ3v) is 5.82. The van der Waals surface area contributed by atoms with Crippen molar-refractivity contribution in [1.29, 1.82) is 0 Å². The van der Waals surface area contributed by atoms with Crippen LogP contribution in [0.1, 0.15) is 18.4 Å². The fourth-order valence-corrected chi connectivity index (χ4v) is 3.98. The molecule has 128 valence electrons. The van der Waals surface area contributed by atoms with Crippen LogP contribution in [0.25, 0.3) is 0 Å². The van der Waals surface area contributed by atoms with E-state index in [1.54, 1.807) is 12.1 Å². The summed E-state index contributed by atoms with van der Waals surface area (Å²) in [6.07, 6.45) is 3.78. The molecule has 1 unspecified atom stereocenters. The van der Waals surface area contributed by atoms with Crippen molar-refractivity contribution in [2.75, 3.05) is 24.7 Å². The predicted octanol–water partition coefficient (Wildman–Crippen LogP) is 3.25. The quantitative estimate of drug-likeness (QED) is 0.650. The van der Waals surface area contributed by atoms with Gasteiger partial charge in [-0.05, 0) is 43.3 Å². The molecule has 1 aromatic heterocycles. The number of rotatable bonds is 5. The van der Waals surface area contributed by atoms with Crippen LogP contribution in [0.5, 0.6) is 0 Å². The average molecular weight is 366 g/mol. The highest BCUT2D eigenvalue weighted by Gasteiger charge is 2.26. The third-order valence-electron chi connectivity index (χ3n) is 4.01. The molecule has 0 bridgehead atoms. The lowest BCUT2D eigenvalue weighted by Gasteiger charge is -2.31. The Bertz CT molecular complexity index is 692. The summed E-state index contributed by atoms with van der Waals surface area (Å²) in [6, 6.07) is 6.54. The zero-order chi connectivity index (χ0) is 16.9. The fraction of sp³-hybridized carbons (Fsp3) is 0.438. The number of halogens is 1. The highest BCUT2D eigenvalue weighted by molar-refractivity contribution is 8.00. The van der Waals surface area contributed by atoms with E-state index in [2.05, 4.69) is 20.4 Å². The van der Waals surface area contributed by atoms with Gasteiger partial charge in [0, 0.05) is 13.1 Å². The summed E-state index contributed by atoms with van der Waals surface area (Å²) in [7, 11) is 0. The second-order valence-electron chi connectivity index (χ2n) is 5.77. The number of anilines is 1. The number of piperidine rings is 1. The van der Waals surface area contributed by atoms with E-state index in [-0.39, 0.29) is 17.6 Å². The maximum Gasteiger partial charge on any atom is 0.230 e. The Kier molecular flexibility index (Phi) is 5.80. The van der Waals surface area contributed by atoms with Crippen LogP contribution in [0.4, 0.5) is 9.52 Å². The largest absolute Gasteiger partial charge is 0.300 e. The van der Waals surface area contributed by atoms with Crippen LogP contribution in [0.3, 0.4) is 0 Å². The van der Waals surface area contributed by atoms with Gasteiger partial charge in [0.25, 0.3) is 0 Å². The Balaban J connectivity index is 1.56. The molecule has 1 amide bonds. The van der Waals surface area contributed by atoms with Crippen molar-refractivity contribution in [2.24, 2.45) is 5.92 Å². The first-order valence-electron chi connectivity index (χ1n) is 7.79. The molecule has 0 radical (unpaired) electrons. The van der Waals surface area contributed by atoms with Crippen molar-refractivity contribution < 1.29 is 9.18 Å². The van der Waals surface area contributed by atoms with E-state index >= 15 is 0 Å². The molecule has 24 heavy (non-hydrogen) atoms. The fourth-order valence-electron chi connectivity index (χ4n) is 2.81. The number of likely N-dealkylation sites (tertiary alicyclic amines) is 1. The van der Waals surface area contributed by atoms with E-state index in [4.69, 9.17) is 0 Å². The normalized spacial score (nSPS) is 18.5. The highest BCUT2D eigenvalue weighted by atomic mass is 32.2. The lowest BCUT2D eigenvalue weighted by atomic mass is 9.97. The van der Waals surface area contributed by atoms with Crippen LogP contribution < -0.4 is 5.32 Å². The lowest BCUT2D eigenvalue weighted by molar-refractivity contribution is -0.121. The van der Waals surface area contributed by atoms with Gasteiger partial charge in [-0.3, -0.25) is 9.69 Å². The predicted molar refractivity (Wildman–Crippen MR) is 94.7 cm³/mol. The second-order valence-corrected chi connectivity index (χ2v) is 7.80. The summed E-state index contributed by atoms with van der Waals surface area (Å²) >= 11 is 2.90. The molecule has 1 fully saturated rings. The Morgan fingerprint density at radius 1 is 1.42 bits per heavy atom. The van der Waals surface area contributed by atoms with Gasteiger partial charge in [-0.25, -0.2) is 4.39 Å². The Hall–Kier alpha value is -1.51. The first kappa shape index (κ1) is 17.3. The van der Waals surface area contributed by atoms with Crippen molar-refractivity contribution in [3.63, 3.8) is 0 Å². The van der Waals surface area contributed by atoms with Crippen molar-refractivity contribution in [3.8, 4) is 0 Å². The molecule has 0 spiro atoms. The van der Waals surface area contributed by atoms with Gasteiger partial charge >= 0.3 is 0 Å². The number of hydrogen-bond acceptors (Lipinski definition) is 6. The maximum absolute atomic E-state index is 13.0. The molecule has 1 N–H and O–H groups in total. The van der Waals surface area contributed by atoms with Gasteiger partial charge in [-0.1, -0.05) is 35.2 Å². The van der Waals surface area contributed by atoms with Gasteiger partial charge in [-0.15, -0.1) is 10.2 Å².